The molecule has 1 saturated carbocycles. The largest absolute Gasteiger partial charge is 0.384 e. The standard InChI is InChI=1S/C20H22N4O2/c1-12-18(6-13(9-21-12)10-23-26)16-5-4-15-8-19(22-11-17(15)7-16)24-20(25)14-2-3-14/h4-8,11,14,19,21-22H,2-3,9-10H2,1H3,(H,24,25). The van der Waals surface area contributed by atoms with Crippen molar-refractivity contribution in [2.75, 3.05) is 13.1 Å². The van der Waals surface area contributed by atoms with Crippen LogP contribution in [0.4, 0.5) is 0 Å². The van der Waals surface area contributed by atoms with Crippen LogP contribution in [-0.4, -0.2) is 25.2 Å². The van der Waals surface area contributed by atoms with E-state index in [4.69, 9.17) is 0 Å². The Hall–Kier alpha value is -2.89. The minimum atomic E-state index is -0.163. The molecule has 1 amide bonds. The molecule has 2 aliphatic heterocycles. The zero-order valence-electron chi connectivity index (χ0n) is 14.7. The average Bonchev–Trinajstić information content (AvgIpc) is 3.48. The Balaban J connectivity index is 1.60. The first-order valence-electron chi connectivity index (χ1n) is 8.96. The number of benzene rings is 1. The maximum Gasteiger partial charge on any atom is 0.224 e. The normalized spacial score (nSPS) is 21.3. The van der Waals surface area contributed by atoms with Gasteiger partial charge in [0.25, 0.3) is 0 Å². The van der Waals surface area contributed by atoms with Crippen LogP contribution < -0.4 is 26.4 Å². The van der Waals surface area contributed by atoms with Crippen molar-refractivity contribution in [3.63, 3.8) is 0 Å². The maximum atomic E-state index is 11.9. The van der Waals surface area contributed by atoms with Gasteiger partial charge in [-0.25, -0.2) is 0 Å². The van der Waals surface area contributed by atoms with Crippen molar-refractivity contribution in [1.29, 1.82) is 0 Å². The number of nitrogens with one attached hydrogen (secondary N) is 3. The van der Waals surface area contributed by atoms with Crippen LogP contribution >= 0.6 is 0 Å². The second-order valence-electron chi connectivity index (χ2n) is 7.06. The van der Waals surface area contributed by atoms with E-state index < -0.39 is 0 Å². The molecule has 6 heteroatoms. The Kier molecular flexibility index (Phi) is 4.32. The summed E-state index contributed by atoms with van der Waals surface area (Å²) in [5.41, 5.74) is 4.23. The smallest absolute Gasteiger partial charge is 0.224 e. The molecule has 134 valence electrons. The van der Waals surface area contributed by atoms with Crippen molar-refractivity contribution in [1.82, 2.24) is 16.0 Å². The fourth-order valence-corrected chi connectivity index (χ4v) is 3.32. The van der Waals surface area contributed by atoms with Crippen molar-refractivity contribution in [2.45, 2.75) is 25.9 Å². The van der Waals surface area contributed by atoms with Gasteiger partial charge in [0, 0.05) is 29.9 Å². The van der Waals surface area contributed by atoms with Crippen LogP contribution in [0.1, 0.15) is 25.3 Å². The number of hydrogen-bond donors (Lipinski definition) is 3. The molecule has 1 unspecified atom stereocenters. The molecule has 1 aromatic rings. The molecule has 0 bridgehead atoms. The van der Waals surface area contributed by atoms with Gasteiger partial charge in [0.15, 0.2) is 0 Å². The summed E-state index contributed by atoms with van der Waals surface area (Å²) in [5.74, 6) is 0.326. The Labute approximate surface area is 151 Å². The molecular weight excluding hydrogens is 328 g/mol. The van der Waals surface area contributed by atoms with E-state index in [0.717, 1.165) is 45.7 Å². The van der Waals surface area contributed by atoms with Gasteiger partial charge in [0.05, 0.1) is 0 Å². The average molecular weight is 350 g/mol. The molecule has 0 aromatic heterocycles. The second-order valence-corrected chi connectivity index (χ2v) is 7.06. The quantitative estimate of drug-likeness (QED) is 0.683. The van der Waals surface area contributed by atoms with Gasteiger partial charge in [-0.3, -0.25) is 4.79 Å². The van der Waals surface area contributed by atoms with E-state index in [-0.39, 0.29) is 24.5 Å². The van der Waals surface area contributed by atoms with Crippen molar-refractivity contribution in [3.05, 3.63) is 56.5 Å². The highest BCUT2D eigenvalue weighted by molar-refractivity contribution is 5.82. The molecule has 0 saturated heterocycles. The zero-order valence-corrected chi connectivity index (χ0v) is 14.7. The lowest BCUT2D eigenvalue weighted by Gasteiger charge is -2.21. The summed E-state index contributed by atoms with van der Waals surface area (Å²) < 4.78 is 0. The lowest BCUT2D eigenvalue weighted by atomic mass is 9.97. The Morgan fingerprint density at radius 3 is 2.92 bits per heavy atom. The highest BCUT2D eigenvalue weighted by atomic mass is 16.3. The predicted molar refractivity (Wildman–Crippen MR) is 102 cm³/mol. The molecule has 2 heterocycles. The van der Waals surface area contributed by atoms with E-state index in [1.807, 2.05) is 25.3 Å². The highest BCUT2D eigenvalue weighted by Gasteiger charge is 2.30. The van der Waals surface area contributed by atoms with Crippen LogP contribution in [0.5, 0.6) is 0 Å². The van der Waals surface area contributed by atoms with Crippen LogP contribution in [0.15, 0.2) is 40.7 Å². The van der Waals surface area contributed by atoms with Gasteiger partial charge in [-0.2, -0.15) is 4.91 Å². The van der Waals surface area contributed by atoms with Gasteiger partial charge in [0.1, 0.15) is 12.7 Å². The van der Waals surface area contributed by atoms with Crippen molar-refractivity contribution in [2.24, 2.45) is 11.1 Å². The molecule has 3 N–H and O–H groups in total. The number of carbonyl (C=O) groups excluding carboxylic acids is 1. The number of hydrogen-bond acceptors (Lipinski definition) is 5. The molecular formula is C20H22N4O2. The van der Waals surface area contributed by atoms with E-state index in [1.165, 1.54) is 0 Å². The van der Waals surface area contributed by atoms with E-state index in [2.05, 4.69) is 39.3 Å². The van der Waals surface area contributed by atoms with Crippen LogP contribution in [0.25, 0.3) is 17.8 Å². The number of dihydropyridines is 1. The maximum absolute atomic E-state index is 11.9. The third-order valence-electron chi connectivity index (χ3n) is 5.01. The number of carbonyl (C=O) groups is 1. The molecule has 1 atom stereocenters. The van der Waals surface area contributed by atoms with Crippen molar-refractivity contribution in [3.8, 4) is 0 Å². The lowest BCUT2D eigenvalue weighted by molar-refractivity contribution is -0.122. The van der Waals surface area contributed by atoms with Crippen LogP contribution in [0, 0.1) is 10.8 Å². The fraction of sp³-hybridized carbons (Fsp3) is 0.350. The first-order valence-corrected chi connectivity index (χ1v) is 8.96. The van der Waals surface area contributed by atoms with Crippen molar-refractivity contribution >= 4 is 23.8 Å². The van der Waals surface area contributed by atoms with Gasteiger partial charge in [-0.15, -0.1) is 0 Å². The summed E-state index contributed by atoms with van der Waals surface area (Å²) in [6, 6.07) is 6.26. The van der Waals surface area contributed by atoms with Crippen molar-refractivity contribution < 1.29 is 4.79 Å². The van der Waals surface area contributed by atoms with Gasteiger partial charge in [0.2, 0.25) is 5.91 Å². The lowest BCUT2D eigenvalue weighted by Crippen LogP contribution is -2.48. The molecule has 3 aliphatic rings. The number of nitroso groups, excluding NO2 is 1. The monoisotopic (exact) mass is 350 g/mol. The summed E-state index contributed by atoms with van der Waals surface area (Å²) in [5, 5.41) is 14.8. The summed E-state index contributed by atoms with van der Waals surface area (Å²) >= 11 is 0. The summed E-state index contributed by atoms with van der Waals surface area (Å²) in [4.78, 5) is 22.5. The summed E-state index contributed by atoms with van der Waals surface area (Å²) in [7, 11) is 0. The van der Waals surface area contributed by atoms with E-state index in [0.29, 0.717) is 6.54 Å². The van der Waals surface area contributed by atoms with Gasteiger partial charge in [-0.05, 0) is 59.6 Å². The van der Waals surface area contributed by atoms with E-state index in [9.17, 15) is 9.70 Å². The predicted octanol–water partition coefficient (Wildman–Crippen LogP) is 0.688. The van der Waals surface area contributed by atoms with Crippen LogP contribution in [0.3, 0.4) is 0 Å². The second kappa shape index (κ2) is 6.78. The first kappa shape index (κ1) is 16.6. The summed E-state index contributed by atoms with van der Waals surface area (Å²) in [6.45, 7) is 2.91. The molecule has 0 radical (unpaired) electrons. The topological polar surface area (TPSA) is 82.6 Å². The van der Waals surface area contributed by atoms with Crippen LogP contribution in [-0.2, 0) is 4.79 Å². The molecule has 4 rings (SSSR count). The molecule has 1 fully saturated rings. The minimum Gasteiger partial charge on any atom is -0.384 e. The fourth-order valence-electron chi connectivity index (χ4n) is 3.32. The number of rotatable bonds is 5. The number of amides is 1. The van der Waals surface area contributed by atoms with Gasteiger partial charge < -0.3 is 16.0 Å². The number of allylic oxidation sites excluding steroid dienone is 3. The van der Waals surface area contributed by atoms with E-state index >= 15 is 0 Å². The Morgan fingerprint density at radius 1 is 1.31 bits per heavy atom. The number of nitrogens with zero attached hydrogens (tertiary/aromatic N) is 1. The molecule has 1 aromatic carbocycles. The van der Waals surface area contributed by atoms with E-state index in [1.54, 1.807) is 0 Å². The molecule has 6 nitrogen and oxygen atoms in total. The van der Waals surface area contributed by atoms with Crippen LogP contribution in [0.2, 0.25) is 0 Å². The Bertz CT molecular complexity index is 941. The zero-order chi connectivity index (χ0) is 18.1. The van der Waals surface area contributed by atoms with Gasteiger partial charge >= 0.3 is 0 Å². The molecule has 26 heavy (non-hydrogen) atoms. The third kappa shape index (κ3) is 3.40. The molecule has 1 aliphatic carbocycles. The highest BCUT2D eigenvalue weighted by Crippen LogP contribution is 2.28. The Morgan fingerprint density at radius 2 is 2.15 bits per heavy atom. The summed E-state index contributed by atoms with van der Waals surface area (Å²) in [6.07, 6.45) is 7.87. The number of fused-ring (bicyclic) bond motifs is 1. The minimum absolute atomic E-state index is 0.128. The first-order chi connectivity index (χ1) is 12.6. The third-order valence-corrected chi connectivity index (χ3v) is 5.01. The SMILES string of the molecule is CC1=C(c2ccc3c(c2)=CNC(NC(=O)C2CC2)C=3)C=C(CN=O)CN1. The molecule has 0 spiro atoms. The van der Waals surface area contributed by atoms with Gasteiger partial charge in [-0.1, -0.05) is 17.3 Å².